The van der Waals surface area contributed by atoms with Crippen molar-refractivity contribution in [2.24, 2.45) is 0 Å². The summed E-state index contributed by atoms with van der Waals surface area (Å²) in [5, 5.41) is 3.71. The fourth-order valence-electron chi connectivity index (χ4n) is 2.54. The second-order valence-corrected chi connectivity index (χ2v) is 5.69. The Morgan fingerprint density at radius 1 is 1.04 bits per heavy atom. The molecule has 4 aromatic rings. The van der Waals surface area contributed by atoms with Gasteiger partial charge in [0.25, 0.3) is 5.56 Å². The summed E-state index contributed by atoms with van der Waals surface area (Å²) in [7, 11) is 0. The molecular weight excluding hydrogens is 322 g/mol. The van der Waals surface area contributed by atoms with E-state index in [0.29, 0.717) is 21.5 Å². The van der Waals surface area contributed by atoms with Gasteiger partial charge < -0.3 is 0 Å². The van der Waals surface area contributed by atoms with E-state index in [1.54, 1.807) is 10.7 Å². The summed E-state index contributed by atoms with van der Waals surface area (Å²) in [6.45, 7) is 0.231. The molecule has 0 saturated heterocycles. The van der Waals surface area contributed by atoms with E-state index in [2.05, 4.69) is 15.1 Å². The third kappa shape index (κ3) is 2.55. The van der Waals surface area contributed by atoms with Crippen LogP contribution < -0.4 is 5.56 Å². The van der Waals surface area contributed by atoms with Crippen LogP contribution in [-0.4, -0.2) is 24.3 Å². The highest BCUT2D eigenvalue weighted by Gasteiger charge is 2.07. The molecule has 2 aromatic carbocycles. The number of fused-ring (bicyclic) bond motifs is 1. The van der Waals surface area contributed by atoms with E-state index >= 15 is 0 Å². The summed E-state index contributed by atoms with van der Waals surface area (Å²) in [5.41, 5.74) is 1.50. The Kier molecular flexibility index (Phi) is 3.55. The van der Waals surface area contributed by atoms with Gasteiger partial charge in [0.1, 0.15) is 6.67 Å². The average molecular weight is 335 g/mol. The zero-order valence-corrected chi connectivity index (χ0v) is 13.4. The predicted molar refractivity (Wildman–Crippen MR) is 94.2 cm³/mol. The van der Waals surface area contributed by atoms with Crippen molar-refractivity contribution >= 4 is 23.1 Å². The van der Waals surface area contributed by atoms with Crippen LogP contribution in [0.5, 0.6) is 0 Å². The maximum atomic E-state index is 12.6. The number of hydrogen-bond donors (Lipinski definition) is 1. The molecule has 7 heteroatoms. The fraction of sp³-hybridized carbons (Fsp3) is 0.0588. The van der Waals surface area contributed by atoms with Gasteiger partial charge in [-0.3, -0.25) is 14.5 Å². The first kappa shape index (κ1) is 14.5. The molecule has 2 aromatic heterocycles. The second-order valence-electron chi connectivity index (χ2n) is 5.33. The molecule has 1 N–H and O–H groups in total. The highest BCUT2D eigenvalue weighted by molar-refractivity contribution is 7.71. The molecule has 0 atom stereocenters. The number of H-pyrrole nitrogens is 1. The van der Waals surface area contributed by atoms with Crippen LogP contribution in [0.15, 0.2) is 65.7 Å². The van der Waals surface area contributed by atoms with Crippen LogP contribution in [0.1, 0.15) is 0 Å². The van der Waals surface area contributed by atoms with Gasteiger partial charge in [-0.25, -0.2) is 9.67 Å². The highest BCUT2D eigenvalue weighted by Crippen LogP contribution is 2.13. The van der Waals surface area contributed by atoms with Gasteiger partial charge in [-0.2, -0.15) is 4.98 Å². The van der Waals surface area contributed by atoms with Gasteiger partial charge in [0, 0.05) is 5.56 Å². The van der Waals surface area contributed by atoms with Crippen molar-refractivity contribution in [1.82, 2.24) is 24.3 Å². The normalized spacial score (nSPS) is 11.0. The van der Waals surface area contributed by atoms with Crippen molar-refractivity contribution < 1.29 is 0 Å². The Morgan fingerprint density at radius 2 is 1.79 bits per heavy atom. The summed E-state index contributed by atoms with van der Waals surface area (Å²) in [6, 6.07) is 17.0. The van der Waals surface area contributed by atoms with E-state index in [-0.39, 0.29) is 12.2 Å². The minimum atomic E-state index is -0.113. The average Bonchev–Trinajstić information content (AvgIpc) is 2.99. The van der Waals surface area contributed by atoms with Crippen molar-refractivity contribution in [1.29, 1.82) is 0 Å². The van der Waals surface area contributed by atoms with Gasteiger partial charge >= 0.3 is 0 Å². The maximum Gasteiger partial charge on any atom is 0.262 e. The number of aromatic nitrogens is 5. The molecule has 24 heavy (non-hydrogen) atoms. The number of aromatic amines is 1. The van der Waals surface area contributed by atoms with Crippen molar-refractivity contribution in [3.63, 3.8) is 0 Å². The number of hydrogen-bond acceptors (Lipinski definition) is 4. The molecule has 0 aliphatic carbocycles. The van der Waals surface area contributed by atoms with Crippen LogP contribution in [0.3, 0.4) is 0 Å². The molecular formula is C17H13N5OS. The van der Waals surface area contributed by atoms with Crippen LogP contribution in [0.25, 0.3) is 22.3 Å². The highest BCUT2D eigenvalue weighted by atomic mass is 32.1. The number of rotatable bonds is 3. The SMILES string of the molecule is O=c1c2ccccc2ncn1Cn1[nH]c(-c2ccccc2)nc1=S. The Hall–Kier alpha value is -3.06. The summed E-state index contributed by atoms with van der Waals surface area (Å²) in [4.78, 5) is 21.2. The first-order chi connectivity index (χ1) is 11.7. The molecule has 0 fully saturated rings. The Balaban J connectivity index is 1.74. The molecule has 4 rings (SSSR count). The molecule has 0 spiro atoms. The van der Waals surface area contributed by atoms with Crippen molar-refractivity contribution in [3.8, 4) is 11.4 Å². The van der Waals surface area contributed by atoms with E-state index in [4.69, 9.17) is 12.2 Å². The number of nitrogens with one attached hydrogen (secondary N) is 1. The van der Waals surface area contributed by atoms with Gasteiger partial charge in [-0.1, -0.05) is 42.5 Å². The molecule has 0 unspecified atom stereocenters. The molecule has 6 nitrogen and oxygen atoms in total. The van der Waals surface area contributed by atoms with E-state index < -0.39 is 0 Å². The molecule has 0 bridgehead atoms. The second kappa shape index (κ2) is 5.86. The number of para-hydroxylation sites is 1. The summed E-state index contributed by atoms with van der Waals surface area (Å²) < 4.78 is 3.54. The zero-order chi connectivity index (χ0) is 16.5. The predicted octanol–water partition coefficient (Wildman–Crippen LogP) is 2.82. The van der Waals surface area contributed by atoms with Crippen LogP contribution in [-0.2, 0) is 6.67 Å². The minimum Gasteiger partial charge on any atom is -0.278 e. The third-order valence-corrected chi connectivity index (χ3v) is 4.06. The number of nitrogens with zero attached hydrogens (tertiary/aromatic N) is 4. The van der Waals surface area contributed by atoms with Gasteiger partial charge in [0.15, 0.2) is 5.82 Å². The quantitative estimate of drug-likeness (QED) is 0.585. The van der Waals surface area contributed by atoms with E-state index in [1.165, 1.54) is 10.9 Å². The molecule has 0 aliphatic heterocycles. The standard InChI is InChI=1S/C17H13N5OS/c23-16-13-8-4-5-9-14(13)18-10-21(16)11-22-17(24)19-15(20-22)12-6-2-1-3-7-12/h1-10H,11H2,(H,19,20,24). The molecule has 118 valence electrons. The first-order valence-electron chi connectivity index (χ1n) is 7.39. The lowest BCUT2D eigenvalue weighted by Gasteiger charge is -2.07. The maximum absolute atomic E-state index is 12.6. The smallest absolute Gasteiger partial charge is 0.262 e. The Labute approximate surface area is 142 Å². The van der Waals surface area contributed by atoms with Gasteiger partial charge in [-0.05, 0) is 24.4 Å². The van der Waals surface area contributed by atoms with Crippen molar-refractivity contribution in [2.75, 3.05) is 0 Å². The Bertz CT molecular complexity index is 1130. The van der Waals surface area contributed by atoms with E-state index in [0.717, 1.165) is 5.56 Å². The van der Waals surface area contributed by atoms with Crippen LogP contribution in [0.4, 0.5) is 0 Å². The first-order valence-corrected chi connectivity index (χ1v) is 7.80. The summed E-state index contributed by atoms with van der Waals surface area (Å²) in [5.74, 6) is 0.669. The van der Waals surface area contributed by atoms with Crippen LogP contribution in [0, 0.1) is 4.77 Å². The fourth-order valence-corrected chi connectivity index (χ4v) is 2.73. The molecule has 2 heterocycles. The Morgan fingerprint density at radius 3 is 2.62 bits per heavy atom. The zero-order valence-electron chi connectivity index (χ0n) is 12.6. The molecule has 0 aliphatic rings. The van der Waals surface area contributed by atoms with Crippen LogP contribution >= 0.6 is 12.2 Å². The van der Waals surface area contributed by atoms with Crippen LogP contribution in [0.2, 0.25) is 0 Å². The van der Waals surface area contributed by atoms with Gasteiger partial charge in [0.05, 0.1) is 17.2 Å². The lowest BCUT2D eigenvalue weighted by molar-refractivity contribution is 0.525. The van der Waals surface area contributed by atoms with E-state index in [9.17, 15) is 4.79 Å². The number of benzene rings is 2. The minimum absolute atomic E-state index is 0.113. The monoisotopic (exact) mass is 335 g/mol. The molecule has 0 radical (unpaired) electrons. The van der Waals surface area contributed by atoms with Crippen molar-refractivity contribution in [2.45, 2.75) is 6.67 Å². The summed E-state index contributed by atoms with van der Waals surface area (Å²) >= 11 is 5.30. The van der Waals surface area contributed by atoms with Gasteiger partial charge in [0.2, 0.25) is 4.77 Å². The lowest BCUT2D eigenvalue weighted by atomic mass is 10.2. The topological polar surface area (TPSA) is 68.5 Å². The summed E-state index contributed by atoms with van der Waals surface area (Å²) in [6.07, 6.45) is 1.52. The molecule has 0 amide bonds. The largest absolute Gasteiger partial charge is 0.278 e. The van der Waals surface area contributed by atoms with E-state index in [1.807, 2.05) is 48.5 Å². The molecule has 0 saturated carbocycles. The van der Waals surface area contributed by atoms with Gasteiger partial charge in [-0.15, -0.1) is 0 Å². The lowest BCUT2D eigenvalue weighted by Crippen LogP contribution is -2.24. The van der Waals surface area contributed by atoms with Crippen molar-refractivity contribution in [3.05, 3.63) is 76.0 Å². The third-order valence-electron chi connectivity index (χ3n) is 3.75.